The first-order valence-corrected chi connectivity index (χ1v) is 4.58. The summed E-state index contributed by atoms with van der Waals surface area (Å²) in [6, 6.07) is -0.543. The second-order valence-corrected chi connectivity index (χ2v) is 3.25. The van der Waals surface area contributed by atoms with Crippen molar-refractivity contribution < 1.29 is 9.59 Å². The number of hydrogen-bond donors (Lipinski definition) is 2. The number of nitrogens with zero attached hydrogens (tertiary/aromatic N) is 3. The minimum absolute atomic E-state index is 0.134. The molecule has 1 aromatic heterocycles. The number of imide groups is 1. The van der Waals surface area contributed by atoms with Crippen LogP contribution >= 0.6 is 0 Å². The largest absolute Gasteiger partial charge is 0.326 e. The summed E-state index contributed by atoms with van der Waals surface area (Å²) >= 11 is 0. The number of carbonyl (C=O) groups excluding carboxylic acids is 2. The zero-order valence-electron chi connectivity index (χ0n) is 8.74. The van der Waals surface area contributed by atoms with Crippen LogP contribution in [0.3, 0.4) is 0 Å². The third-order valence-corrected chi connectivity index (χ3v) is 1.87. The van der Waals surface area contributed by atoms with Gasteiger partial charge in [-0.25, -0.2) is 19.7 Å². The van der Waals surface area contributed by atoms with Gasteiger partial charge in [0.25, 0.3) is 5.91 Å². The average Bonchev–Trinajstić information content (AvgIpc) is 2.43. The number of rotatable bonds is 1. The van der Waals surface area contributed by atoms with Crippen LogP contribution in [0.15, 0.2) is 5.70 Å². The molecule has 0 atom stereocenters. The van der Waals surface area contributed by atoms with Gasteiger partial charge in [0.05, 0.1) is 0 Å². The first-order valence-electron chi connectivity index (χ1n) is 4.58. The fourth-order valence-electron chi connectivity index (χ4n) is 1.32. The molecule has 82 valence electrons. The van der Waals surface area contributed by atoms with Gasteiger partial charge in [0, 0.05) is 6.08 Å². The summed E-state index contributed by atoms with van der Waals surface area (Å²) in [5, 5.41) is 4.44. The van der Waals surface area contributed by atoms with Crippen molar-refractivity contribution in [2.45, 2.75) is 13.8 Å². The van der Waals surface area contributed by atoms with Crippen molar-refractivity contribution in [1.82, 2.24) is 25.6 Å². The van der Waals surface area contributed by atoms with E-state index < -0.39 is 11.9 Å². The van der Waals surface area contributed by atoms with E-state index in [-0.39, 0.29) is 5.70 Å². The van der Waals surface area contributed by atoms with E-state index in [0.717, 1.165) is 0 Å². The lowest BCUT2D eigenvalue weighted by Gasteiger charge is -1.98. The Labute approximate surface area is 91.0 Å². The molecule has 2 heterocycles. The van der Waals surface area contributed by atoms with E-state index in [2.05, 4.69) is 25.6 Å². The van der Waals surface area contributed by atoms with Gasteiger partial charge in [-0.15, -0.1) is 0 Å². The maximum Gasteiger partial charge on any atom is 0.326 e. The molecule has 3 amide bonds. The van der Waals surface area contributed by atoms with Crippen LogP contribution in [0, 0.1) is 13.8 Å². The average molecular weight is 219 g/mol. The molecule has 0 aromatic carbocycles. The van der Waals surface area contributed by atoms with Gasteiger partial charge in [-0.05, 0) is 13.8 Å². The highest BCUT2D eigenvalue weighted by atomic mass is 16.2. The molecule has 7 heteroatoms. The number of amides is 3. The molecule has 1 fully saturated rings. The van der Waals surface area contributed by atoms with Crippen molar-refractivity contribution >= 4 is 18.0 Å². The van der Waals surface area contributed by atoms with E-state index in [9.17, 15) is 9.59 Å². The van der Waals surface area contributed by atoms with Crippen molar-refractivity contribution in [3.05, 3.63) is 23.2 Å². The van der Waals surface area contributed by atoms with Crippen LogP contribution in [0.1, 0.15) is 17.5 Å². The molecule has 0 radical (unpaired) electrons. The molecular formula is C9H9N5O2. The summed E-state index contributed by atoms with van der Waals surface area (Å²) in [6.45, 7) is 3.45. The smallest absolute Gasteiger partial charge is 0.303 e. The second-order valence-electron chi connectivity index (χ2n) is 3.25. The number of hydrogen-bond acceptors (Lipinski definition) is 5. The Hall–Kier alpha value is -2.31. The van der Waals surface area contributed by atoms with E-state index in [1.807, 2.05) is 0 Å². The summed E-state index contributed by atoms with van der Waals surface area (Å²) in [6.07, 6.45) is 1.40. The van der Waals surface area contributed by atoms with Gasteiger partial charge in [0.15, 0.2) is 5.82 Å². The normalized spacial score (nSPS) is 17.5. The monoisotopic (exact) mass is 219 g/mol. The molecule has 0 aliphatic carbocycles. The number of nitrogens with one attached hydrogen (secondary N) is 2. The SMILES string of the molecule is Cc1nc(C)nc(C=C2NC(=O)NC2=O)n1. The molecular weight excluding hydrogens is 210 g/mol. The lowest BCUT2D eigenvalue weighted by molar-refractivity contribution is -0.115. The molecule has 2 rings (SSSR count). The van der Waals surface area contributed by atoms with E-state index >= 15 is 0 Å². The molecule has 16 heavy (non-hydrogen) atoms. The van der Waals surface area contributed by atoms with Crippen molar-refractivity contribution in [3.8, 4) is 0 Å². The topological polar surface area (TPSA) is 96.9 Å². The van der Waals surface area contributed by atoms with Gasteiger partial charge >= 0.3 is 6.03 Å². The highest BCUT2D eigenvalue weighted by Gasteiger charge is 2.23. The summed E-state index contributed by atoms with van der Waals surface area (Å²) in [5.41, 5.74) is 0.134. The minimum atomic E-state index is -0.543. The van der Waals surface area contributed by atoms with Crippen LogP contribution in [-0.4, -0.2) is 26.9 Å². The molecule has 2 N–H and O–H groups in total. The molecule has 0 saturated carbocycles. The highest BCUT2D eigenvalue weighted by Crippen LogP contribution is 2.04. The second kappa shape index (κ2) is 3.69. The van der Waals surface area contributed by atoms with Crippen molar-refractivity contribution in [2.75, 3.05) is 0 Å². The number of urea groups is 1. The van der Waals surface area contributed by atoms with Gasteiger partial charge in [0.1, 0.15) is 17.3 Å². The maximum atomic E-state index is 11.2. The third kappa shape index (κ3) is 2.02. The van der Waals surface area contributed by atoms with Crippen LogP contribution in [0.2, 0.25) is 0 Å². The van der Waals surface area contributed by atoms with Crippen LogP contribution in [0.5, 0.6) is 0 Å². The summed E-state index contributed by atoms with van der Waals surface area (Å²) in [7, 11) is 0. The lowest BCUT2D eigenvalue weighted by atomic mass is 10.3. The van der Waals surface area contributed by atoms with Crippen LogP contribution in [0.25, 0.3) is 6.08 Å². The Morgan fingerprint density at radius 1 is 1.00 bits per heavy atom. The summed E-state index contributed by atoms with van der Waals surface area (Å²) < 4.78 is 0. The summed E-state index contributed by atoms with van der Waals surface area (Å²) in [5.74, 6) is 0.978. The Bertz CT molecular complexity index is 488. The standard InChI is InChI=1S/C9H9N5O2/c1-4-10-5(2)12-7(11-4)3-6-8(15)14-9(16)13-6/h3H,1-2H3,(H2,13,14,15,16). The molecule has 1 saturated heterocycles. The van der Waals surface area contributed by atoms with Crippen molar-refractivity contribution in [2.24, 2.45) is 0 Å². The van der Waals surface area contributed by atoms with Crippen LogP contribution in [-0.2, 0) is 4.79 Å². The molecule has 0 spiro atoms. The molecule has 1 aliphatic rings. The first-order chi connectivity index (χ1) is 7.54. The predicted octanol–water partition coefficient (Wildman–Crippen LogP) is -0.331. The Kier molecular flexibility index (Phi) is 2.35. The number of aryl methyl sites for hydroxylation is 2. The number of carbonyl (C=O) groups is 2. The van der Waals surface area contributed by atoms with E-state index in [1.54, 1.807) is 13.8 Å². The minimum Gasteiger partial charge on any atom is -0.303 e. The molecule has 1 aliphatic heterocycles. The van der Waals surface area contributed by atoms with Crippen LogP contribution in [0.4, 0.5) is 4.79 Å². The third-order valence-electron chi connectivity index (χ3n) is 1.87. The van der Waals surface area contributed by atoms with Crippen LogP contribution < -0.4 is 10.6 Å². The van der Waals surface area contributed by atoms with Gasteiger partial charge in [-0.2, -0.15) is 0 Å². The summed E-state index contributed by atoms with van der Waals surface area (Å²) in [4.78, 5) is 34.1. The van der Waals surface area contributed by atoms with Crippen molar-refractivity contribution in [1.29, 1.82) is 0 Å². The molecule has 7 nitrogen and oxygen atoms in total. The van der Waals surface area contributed by atoms with Gasteiger partial charge in [-0.1, -0.05) is 0 Å². The van der Waals surface area contributed by atoms with E-state index in [4.69, 9.17) is 0 Å². The lowest BCUT2D eigenvalue weighted by Crippen LogP contribution is -2.22. The predicted molar refractivity (Wildman–Crippen MR) is 54.0 cm³/mol. The maximum absolute atomic E-state index is 11.2. The Morgan fingerprint density at radius 2 is 1.62 bits per heavy atom. The Morgan fingerprint density at radius 3 is 2.12 bits per heavy atom. The zero-order chi connectivity index (χ0) is 11.7. The molecule has 0 bridgehead atoms. The zero-order valence-corrected chi connectivity index (χ0v) is 8.74. The fraction of sp³-hybridized carbons (Fsp3) is 0.222. The first kappa shape index (κ1) is 10.2. The Balaban J connectivity index is 2.36. The fourth-order valence-corrected chi connectivity index (χ4v) is 1.32. The van der Waals surface area contributed by atoms with Crippen molar-refractivity contribution in [3.63, 3.8) is 0 Å². The van der Waals surface area contributed by atoms with Gasteiger partial charge in [-0.3, -0.25) is 10.1 Å². The van der Waals surface area contributed by atoms with Gasteiger partial charge in [0.2, 0.25) is 0 Å². The molecule has 1 aromatic rings. The quantitative estimate of drug-likeness (QED) is 0.498. The van der Waals surface area contributed by atoms with E-state index in [1.165, 1.54) is 6.08 Å². The van der Waals surface area contributed by atoms with Gasteiger partial charge < -0.3 is 5.32 Å². The molecule has 0 unspecified atom stereocenters. The number of aromatic nitrogens is 3. The highest BCUT2D eigenvalue weighted by molar-refractivity contribution is 6.13. The van der Waals surface area contributed by atoms with E-state index in [0.29, 0.717) is 17.5 Å².